The number of rotatable bonds is 4. The van der Waals surface area contributed by atoms with E-state index >= 15 is 0 Å². The smallest absolute Gasteiger partial charge is 0.308 e. The maximum atomic E-state index is 10.8. The summed E-state index contributed by atoms with van der Waals surface area (Å²) in [6.07, 6.45) is 0.0357. The van der Waals surface area contributed by atoms with E-state index in [1.54, 1.807) is 7.11 Å². The number of methoxy groups -OCH3 is 1. The Morgan fingerprint density at radius 1 is 1.50 bits per heavy atom. The molecule has 0 saturated carbocycles. The molecule has 0 aliphatic carbocycles. The molecule has 0 bridgehead atoms. The van der Waals surface area contributed by atoms with Crippen LogP contribution in [0.4, 0.5) is 0 Å². The second kappa shape index (κ2) is 4.93. The Morgan fingerprint density at radius 2 is 2.12 bits per heavy atom. The molecule has 4 nitrogen and oxygen atoms in total. The number of hydrogen-bond donors (Lipinski definition) is 1. The number of hydrogen-bond acceptors (Lipinski definition) is 4. The molecule has 0 unspecified atom stereocenters. The van der Waals surface area contributed by atoms with Gasteiger partial charge in [0.1, 0.15) is 5.01 Å². The van der Waals surface area contributed by atoms with Crippen molar-refractivity contribution in [3.8, 4) is 0 Å². The van der Waals surface area contributed by atoms with Crippen LogP contribution in [-0.2, 0) is 28.0 Å². The molecule has 1 aromatic heterocycles. The van der Waals surface area contributed by atoms with E-state index in [-0.39, 0.29) is 11.8 Å². The zero-order chi connectivity index (χ0) is 12.3. The molecule has 0 atom stereocenters. The van der Waals surface area contributed by atoms with Crippen LogP contribution in [0.25, 0.3) is 0 Å². The van der Waals surface area contributed by atoms with Gasteiger partial charge in [-0.05, 0) is 0 Å². The molecule has 1 rings (SSSR count). The zero-order valence-electron chi connectivity index (χ0n) is 10.0. The first-order valence-electron chi connectivity index (χ1n) is 5.04. The largest absolute Gasteiger partial charge is 0.481 e. The van der Waals surface area contributed by atoms with E-state index < -0.39 is 5.97 Å². The highest BCUT2D eigenvalue weighted by Crippen LogP contribution is 2.30. The molecule has 5 heteroatoms. The summed E-state index contributed by atoms with van der Waals surface area (Å²) in [5, 5.41) is 9.68. The Morgan fingerprint density at radius 3 is 2.56 bits per heavy atom. The van der Waals surface area contributed by atoms with Gasteiger partial charge in [-0.1, -0.05) is 20.8 Å². The molecule has 1 N–H and O–H groups in total. The SMILES string of the molecule is COCc1nc(C(C)(C)C)c(CC(=O)O)s1. The molecule has 0 spiro atoms. The molecule has 0 amide bonds. The average Bonchev–Trinajstić information content (AvgIpc) is 2.46. The van der Waals surface area contributed by atoms with Crippen LogP contribution in [0.2, 0.25) is 0 Å². The van der Waals surface area contributed by atoms with Crippen LogP contribution in [0.15, 0.2) is 0 Å². The Labute approximate surface area is 99.3 Å². The number of carboxylic acid groups (broad SMARTS) is 1. The lowest BCUT2D eigenvalue weighted by atomic mass is 9.91. The maximum absolute atomic E-state index is 10.8. The van der Waals surface area contributed by atoms with Gasteiger partial charge in [0, 0.05) is 17.4 Å². The molecule has 0 saturated heterocycles. The number of nitrogens with zero attached hydrogens (tertiary/aromatic N) is 1. The first kappa shape index (κ1) is 13.1. The van der Waals surface area contributed by atoms with E-state index in [0.717, 1.165) is 15.6 Å². The van der Waals surface area contributed by atoms with E-state index in [1.165, 1.54) is 11.3 Å². The predicted molar refractivity (Wildman–Crippen MR) is 62.9 cm³/mol. The first-order chi connectivity index (χ1) is 7.34. The molecule has 0 aliphatic heterocycles. The quantitative estimate of drug-likeness (QED) is 0.880. The number of carbonyl (C=O) groups is 1. The minimum Gasteiger partial charge on any atom is -0.481 e. The third kappa shape index (κ3) is 3.28. The molecule has 90 valence electrons. The van der Waals surface area contributed by atoms with Crippen LogP contribution in [0.3, 0.4) is 0 Å². The molecule has 1 heterocycles. The van der Waals surface area contributed by atoms with Gasteiger partial charge in [0.15, 0.2) is 0 Å². The van der Waals surface area contributed by atoms with Gasteiger partial charge in [-0.15, -0.1) is 11.3 Å². The summed E-state index contributed by atoms with van der Waals surface area (Å²) in [6, 6.07) is 0. The molecular weight excluding hydrogens is 226 g/mol. The zero-order valence-corrected chi connectivity index (χ0v) is 10.8. The van der Waals surface area contributed by atoms with Crippen molar-refractivity contribution in [1.29, 1.82) is 0 Å². The number of aliphatic carboxylic acids is 1. The normalized spacial score (nSPS) is 11.8. The molecule has 0 fully saturated rings. The monoisotopic (exact) mass is 243 g/mol. The van der Waals surface area contributed by atoms with Gasteiger partial charge in [0.05, 0.1) is 18.7 Å². The summed E-state index contributed by atoms with van der Waals surface area (Å²) >= 11 is 1.42. The Kier molecular flexibility index (Phi) is 4.04. The van der Waals surface area contributed by atoms with Crippen LogP contribution < -0.4 is 0 Å². The van der Waals surface area contributed by atoms with E-state index in [0.29, 0.717) is 6.61 Å². The molecule has 1 aromatic rings. The Hall–Kier alpha value is -0.940. The van der Waals surface area contributed by atoms with Gasteiger partial charge in [0.2, 0.25) is 0 Å². The number of ether oxygens (including phenoxy) is 1. The maximum Gasteiger partial charge on any atom is 0.308 e. The second-order valence-electron chi connectivity index (χ2n) is 4.63. The lowest BCUT2D eigenvalue weighted by molar-refractivity contribution is -0.136. The summed E-state index contributed by atoms with van der Waals surface area (Å²) in [7, 11) is 1.61. The number of carboxylic acids is 1. The third-order valence-corrected chi connectivity index (χ3v) is 3.06. The van der Waals surface area contributed by atoms with Crippen molar-refractivity contribution in [2.24, 2.45) is 0 Å². The fourth-order valence-corrected chi connectivity index (χ4v) is 2.67. The molecule has 0 aliphatic rings. The van der Waals surface area contributed by atoms with Gasteiger partial charge >= 0.3 is 5.97 Å². The fourth-order valence-electron chi connectivity index (χ4n) is 1.43. The van der Waals surface area contributed by atoms with Crippen molar-refractivity contribution in [2.75, 3.05) is 7.11 Å². The second-order valence-corrected chi connectivity index (χ2v) is 5.80. The number of aromatic nitrogens is 1. The predicted octanol–water partition coefficient (Wildman–Crippen LogP) is 2.21. The summed E-state index contributed by atoms with van der Waals surface area (Å²) < 4.78 is 5.01. The highest BCUT2D eigenvalue weighted by molar-refractivity contribution is 7.11. The standard InChI is InChI=1S/C11H17NO3S/c1-11(2,3)10-7(5-9(13)14)16-8(12-10)6-15-4/h5-6H2,1-4H3,(H,13,14). The first-order valence-corrected chi connectivity index (χ1v) is 5.86. The van der Waals surface area contributed by atoms with Crippen LogP contribution in [0.5, 0.6) is 0 Å². The fraction of sp³-hybridized carbons (Fsp3) is 0.636. The van der Waals surface area contributed by atoms with E-state index in [9.17, 15) is 4.79 Å². The van der Waals surface area contributed by atoms with Crippen LogP contribution in [-0.4, -0.2) is 23.2 Å². The van der Waals surface area contributed by atoms with Crippen molar-refractivity contribution < 1.29 is 14.6 Å². The Balaban J connectivity index is 3.07. The topological polar surface area (TPSA) is 59.4 Å². The number of thiazole rings is 1. The van der Waals surface area contributed by atoms with Crippen molar-refractivity contribution in [3.63, 3.8) is 0 Å². The van der Waals surface area contributed by atoms with Crippen molar-refractivity contribution in [3.05, 3.63) is 15.6 Å². The summed E-state index contributed by atoms with van der Waals surface area (Å²) in [5.41, 5.74) is 0.736. The summed E-state index contributed by atoms with van der Waals surface area (Å²) in [5.74, 6) is -0.821. The van der Waals surface area contributed by atoms with E-state index in [1.807, 2.05) is 20.8 Å². The van der Waals surface area contributed by atoms with Crippen LogP contribution in [0, 0.1) is 0 Å². The third-order valence-electron chi connectivity index (χ3n) is 2.03. The van der Waals surface area contributed by atoms with E-state index in [4.69, 9.17) is 9.84 Å². The van der Waals surface area contributed by atoms with Gasteiger partial charge < -0.3 is 9.84 Å². The lowest BCUT2D eigenvalue weighted by Gasteiger charge is -2.16. The Bertz CT molecular complexity index is 379. The highest BCUT2D eigenvalue weighted by Gasteiger charge is 2.24. The molecular formula is C11H17NO3S. The minimum atomic E-state index is -0.821. The van der Waals surface area contributed by atoms with E-state index in [2.05, 4.69) is 4.98 Å². The minimum absolute atomic E-state index is 0.0357. The van der Waals surface area contributed by atoms with Gasteiger partial charge in [-0.2, -0.15) is 0 Å². The van der Waals surface area contributed by atoms with Crippen molar-refractivity contribution >= 4 is 17.3 Å². The van der Waals surface area contributed by atoms with Crippen molar-refractivity contribution in [1.82, 2.24) is 4.98 Å². The lowest BCUT2D eigenvalue weighted by Crippen LogP contribution is -2.15. The summed E-state index contributed by atoms with van der Waals surface area (Å²) in [4.78, 5) is 16.0. The van der Waals surface area contributed by atoms with Crippen LogP contribution >= 0.6 is 11.3 Å². The average molecular weight is 243 g/mol. The van der Waals surface area contributed by atoms with Crippen molar-refractivity contribution in [2.45, 2.75) is 39.2 Å². The van der Waals surface area contributed by atoms with Gasteiger partial charge in [-0.25, -0.2) is 4.98 Å². The summed E-state index contributed by atoms with van der Waals surface area (Å²) in [6.45, 7) is 6.53. The van der Waals surface area contributed by atoms with Crippen LogP contribution in [0.1, 0.15) is 36.3 Å². The molecule has 0 radical (unpaired) electrons. The van der Waals surface area contributed by atoms with Gasteiger partial charge in [0.25, 0.3) is 0 Å². The van der Waals surface area contributed by atoms with Gasteiger partial charge in [-0.3, -0.25) is 4.79 Å². The highest BCUT2D eigenvalue weighted by atomic mass is 32.1. The molecule has 0 aromatic carbocycles. The molecule has 16 heavy (non-hydrogen) atoms.